The summed E-state index contributed by atoms with van der Waals surface area (Å²) in [5.74, 6) is 2.21. The van der Waals surface area contributed by atoms with Crippen molar-refractivity contribution in [2.75, 3.05) is 20.2 Å². The van der Waals surface area contributed by atoms with E-state index in [9.17, 15) is 0 Å². The van der Waals surface area contributed by atoms with Gasteiger partial charge in [-0.2, -0.15) is 4.98 Å². The standard InChI is InChI=1S/C15H27N3O2/c1-12(2)7-8-14-16-15(20-17-14)11-18(3)10-13-6-4-5-9-19-13/h12-13H,4-11H2,1-3H3. The van der Waals surface area contributed by atoms with Crippen molar-refractivity contribution in [1.29, 1.82) is 0 Å². The van der Waals surface area contributed by atoms with Crippen LogP contribution in [0.3, 0.4) is 0 Å². The lowest BCUT2D eigenvalue weighted by molar-refractivity contribution is -0.00382. The summed E-state index contributed by atoms with van der Waals surface area (Å²) in [5.41, 5.74) is 0. The van der Waals surface area contributed by atoms with Crippen molar-refractivity contribution in [3.05, 3.63) is 11.7 Å². The van der Waals surface area contributed by atoms with E-state index in [2.05, 4.69) is 35.9 Å². The highest BCUT2D eigenvalue weighted by molar-refractivity contribution is 4.87. The van der Waals surface area contributed by atoms with Crippen LogP contribution in [-0.4, -0.2) is 41.3 Å². The van der Waals surface area contributed by atoms with Crippen LogP contribution >= 0.6 is 0 Å². The number of aryl methyl sites for hydroxylation is 1. The molecule has 0 saturated carbocycles. The summed E-state index contributed by atoms with van der Waals surface area (Å²) in [6.07, 6.45) is 5.99. The van der Waals surface area contributed by atoms with Crippen LogP contribution in [0.5, 0.6) is 0 Å². The first-order valence-electron chi connectivity index (χ1n) is 7.75. The van der Waals surface area contributed by atoms with Crippen LogP contribution in [0, 0.1) is 5.92 Å². The summed E-state index contributed by atoms with van der Waals surface area (Å²) in [6.45, 7) is 6.95. The van der Waals surface area contributed by atoms with Gasteiger partial charge in [0.1, 0.15) is 0 Å². The number of aromatic nitrogens is 2. The predicted molar refractivity (Wildman–Crippen MR) is 77.4 cm³/mol. The number of ether oxygens (including phenoxy) is 1. The Kier molecular flexibility index (Phi) is 5.98. The number of likely N-dealkylation sites (N-methyl/N-ethyl adjacent to an activating group) is 1. The summed E-state index contributed by atoms with van der Waals surface area (Å²) in [7, 11) is 2.08. The van der Waals surface area contributed by atoms with Crippen LogP contribution < -0.4 is 0 Å². The molecule has 20 heavy (non-hydrogen) atoms. The Bertz CT molecular complexity index is 386. The average Bonchev–Trinajstić information content (AvgIpc) is 2.85. The molecule has 1 aromatic heterocycles. The Morgan fingerprint density at radius 2 is 2.20 bits per heavy atom. The molecule has 0 N–H and O–H groups in total. The molecular weight excluding hydrogens is 254 g/mol. The molecule has 0 aromatic carbocycles. The molecule has 2 rings (SSSR count). The van der Waals surface area contributed by atoms with Crippen molar-refractivity contribution in [3.8, 4) is 0 Å². The molecule has 0 bridgehead atoms. The minimum absolute atomic E-state index is 0.358. The van der Waals surface area contributed by atoms with Crippen molar-refractivity contribution in [1.82, 2.24) is 15.0 Å². The fraction of sp³-hybridized carbons (Fsp3) is 0.867. The van der Waals surface area contributed by atoms with E-state index >= 15 is 0 Å². The fourth-order valence-electron chi connectivity index (χ4n) is 2.47. The Hall–Kier alpha value is -0.940. The minimum atomic E-state index is 0.358. The molecule has 1 saturated heterocycles. The smallest absolute Gasteiger partial charge is 0.240 e. The normalized spacial score (nSPS) is 19.9. The molecule has 0 radical (unpaired) electrons. The second kappa shape index (κ2) is 7.74. The maximum absolute atomic E-state index is 5.75. The van der Waals surface area contributed by atoms with Gasteiger partial charge in [-0.25, -0.2) is 0 Å². The minimum Gasteiger partial charge on any atom is -0.377 e. The highest BCUT2D eigenvalue weighted by atomic mass is 16.5. The van der Waals surface area contributed by atoms with E-state index < -0.39 is 0 Å². The number of nitrogens with zero attached hydrogens (tertiary/aromatic N) is 3. The zero-order valence-corrected chi connectivity index (χ0v) is 13.0. The van der Waals surface area contributed by atoms with Gasteiger partial charge in [0.2, 0.25) is 5.89 Å². The molecule has 114 valence electrons. The van der Waals surface area contributed by atoms with Gasteiger partial charge in [-0.15, -0.1) is 0 Å². The van der Waals surface area contributed by atoms with E-state index in [4.69, 9.17) is 9.26 Å². The van der Waals surface area contributed by atoms with Gasteiger partial charge in [0.25, 0.3) is 0 Å². The molecule has 0 aliphatic carbocycles. The van der Waals surface area contributed by atoms with E-state index in [0.717, 1.165) is 38.2 Å². The quantitative estimate of drug-likeness (QED) is 0.769. The molecule has 1 unspecified atom stereocenters. The van der Waals surface area contributed by atoms with Crippen molar-refractivity contribution in [2.45, 2.75) is 58.6 Å². The van der Waals surface area contributed by atoms with E-state index in [1.807, 2.05) is 0 Å². The molecule has 1 atom stereocenters. The Morgan fingerprint density at radius 1 is 1.35 bits per heavy atom. The SMILES string of the molecule is CC(C)CCc1noc(CN(C)CC2CCCCO2)n1. The topological polar surface area (TPSA) is 51.4 Å². The molecule has 1 aromatic rings. The maximum atomic E-state index is 5.75. The maximum Gasteiger partial charge on any atom is 0.240 e. The van der Waals surface area contributed by atoms with Gasteiger partial charge >= 0.3 is 0 Å². The second-order valence-electron chi connectivity index (χ2n) is 6.22. The second-order valence-corrected chi connectivity index (χ2v) is 6.22. The molecule has 5 nitrogen and oxygen atoms in total. The van der Waals surface area contributed by atoms with Gasteiger partial charge in [0.05, 0.1) is 12.6 Å². The lowest BCUT2D eigenvalue weighted by atomic mass is 10.1. The van der Waals surface area contributed by atoms with Crippen LogP contribution in [-0.2, 0) is 17.7 Å². The van der Waals surface area contributed by atoms with Crippen molar-refractivity contribution in [2.24, 2.45) is 5.92 Å². The average molecular weight is 281 g/mol. The fourth-order valence-corrected chi connectivity index (χ4v) is 2.47. The van der Waals surface area contributed by atoms with Gasteiger partial charge in [-0.3, -0.25) is 4.90 Å². The third kappa shape index (κ3) is 5.21. The summed E-state index contributed by atoms with van der Waals surface area (Å²) in [6, 6.07) is 0. The predicted octanol–water partition coefficient (Wildman–Crippen LogP) is 2.66. The van der Waals surface area contributed by atoms with Gasteiger partial charge in [0.15, 0.2) is 5.82 Å². The van der Waals surface area contributed by atoms with Crippen LogP contribution in [0.25, 0.3) is 0 Å². The first-order chi connectivity index (χ1) is 9.63. The lowest BCUT2D eigenvalue weighted by Gasteiger charge is -2.26. The Morgan fingerprint density at radius 3 is 2.90 bits per heavy atom. The van der Waals surface area contributed by atoms with Crippen LogP contribution in [0.1, 0.15) is 51.2 Å². The molecule has 0 spiro atoms. The number of rotatable bonds is 7. The summed E-state index contributed by atoms with van der Waals surface area (Å²) in [4.78, 5) is 6.66. The van der Waals surface area contributed by atoms with Gasteiger partial charge in [-0.1, -0.05) is 19.0 Å². The van der Waals surface area contributed by atoms with Gasteiger partial charge in [-0.05, 0) is 38.6 Å². The molecule has 1 fully saturated rings. The molecular formula is C15H27N3O2. The molecule has 5 heteroatoms. The Labute approximate surface area is 121 Å². The molecule has 2 heterocycles. The van der Waals surface area contributed by atoms with E-state index in [1.165, 1.54) is 12.8 Å². The zero-order valence-electron chi connectivity index (χ0n) is 13.0. The van der Waals surface area contributed by atoms with Crippen molar-refractivity contribution >= 4 is 0 Å². The van der Waals surface area contributed by atoms with Gasteiger partial charge in [0, 0.05) is 19.6 Å². The van der Waals surface area contributed by atoms with Crippen molar-refractivity contribution < 1.29 is 9.26 Å². The van der Waals surface area contributed by atoms with Crippen molar-refractivity contribution in [3.63, 3.8) is 0 Å². The summed E-state index contributed by atoms with van der Waals surface area (Å²) < 4.78 is 11.1. The third-order valence-corrected chi connectivity index (χ3v) is 3.65. The first-order valence-corrected chi connectivity index (χ1v) is 7.75. The monoisotopic (exact) mass is 281 g/mol. The van der Waals surface area contributed by atoms with Gasteiger partial charge < -0.3 is 9.26 Å². The number of hydrogen-bond donors (Lipinski definition) is 0. The highest BCUT2D eigenvalue weighted by Crippen LogP contribution is 2.14. The summed E-state index contributed by atoms with van der Waals surface area (Å²) in [5, 5.41) is 4.04. The van der Waals surface area contributed by atoms with E-state index in [1.54, 1.807) is 0 Å². The number of hydrogen-bond acceptors (Lipinski definition) is 5. The Balaban J connectivity index is 1.74. The highest BCUT2D eigenvalue weighted by Gasteiger charge is 2.17. The first kappa shape index (κ1) is 15.4. The van der Waals surface area contributed by atoms with E-state index in [-0.39, 0.29) is 0 Å². The van der Waals surface area contributed by atoms with Crippen LogP contribution in [0.15, 0.2) is 4.52 Å². The summed E-state index contributed by atoms with van der Waals surface area (Å²) >= 11 is 0. The zero-order chi connectivity index (χ0) is 14.4. The largest absolute Gasteiger partial charge is 0.377 e. The molecule has 1 aliphatic rings. The molecule has 1 aliphatic heterocycles. The van der Waals surface area contributed by atoms with E-state index in [0.29, 0.717) is 24.5 Å². The van der Waals surface area contributed by atoms with Crippen LogP contribution in [0.2, 0.25) is 0 Å². The molecule has 0 amide bonds. The van der Waals surface area contributed by atoms with Crippen LogP contribution in [0.4, 0.5) is 0 Å². The third-order valence-electron chi connectivity index (χ3n) is 3.65. The lowest BCUT2D eigenvalue weighted by Crippen LogP contribution is -2.33.